The van der Waals surface area contributed by atoms with Crippen molar-refractivity contribution in [1.29, 1.82) is 0 Å². The van der Waals surface area contributed by atoms with Gasteiger partial charge in [0, 0.05) is 4.47 Å². The molecule has 68 valence electrons. The number of esters is 1. The van der Waals surface area contributed by atoms with Gasteiger partial charge >= 0.3 is 5.97 Å². The number of carbonyl (C=O) groups excluding carboxylic acids is 1. The van der Waals surface area contributed by atoms with Crippen molar-refractivity contribution in [3.05, 3.63) is 21.1 Å². The molecular formula is C8H4Br2O3. The number of fused-ring (bicyclic) bond motifs is 1. The van der Waals surface area contributed by atoms with Gasteiger partial charge in [-0.3, -0.25) is 0 Å². The molecule has 13 heavy (non-hydrogen) atoms. The van der Waals surface area contributed by atoms with Crippen molar-refractivity contribution < 1.29 is 14.3 Å². The number of rotatable bonds is 0. The standard InChI is InChI=1S/C8H4Br2O3/c9-4-1-5(10)8-6(2-4)13-7(11)3-12-8/h1-2H,3H2. The second-order valence-corrected chi connectivity index (χ2v) is 4.25. The van der Waals surface area contributed by atoms with Crippen LogP contribution in [0.3, 0.4) is 0 Å². The molecule has 0 saturated carbocycles. The van der Waals surface area contributed by atoms with Gasteiger partial charge in [0.15, 0.2) is 18.1 Å². The quantitative estimate of drug-likeness (QED) is 0.546. The lowest BCUT2D eigenvalue weighted by Crippen LogP contribution is -2.22. The second-order valence-electron chi connectivity index (χ2n) is 2.48. The van der Waals surface area contributed by atoms with E-state index in [2.05, 4.69) is 31.9 Å². The van der Waals surface area contributed by atoms with Crippen LogP contribution in [0, 0.1) is 0 Å². The Morgan fingerprint density at radius 1 is 1.31 bits per heavy atom. The molecule has 0 bridgehead atoms. The van der Waals surface area contributed by atoms with Gasteiger partial charge < -0.3 is 9.47 Å². The molecule has 3 nitrogen and oxygen atoms in total. The van der Waals surface area contributed by atoms with Crippen LogP contribution < -0.4 is 9.47 Å². The van der Waals surface area contributed by atoms with Crippen molar-refractivity contribution in [3.8, 4) is 11.5 Å². The van der Waals surface area contributed by atoms with Crippen LogP contribution in [0.1, 0.15) is 0 Å². The van der Waals surface area contributed by atoms with Crippen molar-refractivity contribution in [2.24, 2.45) is 0 Å². The first-order chi connectivity index (χ1) is 6.16. The van der Waals surface area contributed by atoms with Gasteiger partial charge in [-0.05, 0) is 28.1 Å². The van der Waals surface area contributed by atoms with Crippen LogP contribution in [0.2, 0.25) is 0 Å². The fourth-order valence-corrected chi connectivity index (χ4v) is 2.34. The number of benzene rings is 1. The first-order valence-corrected chi connectivity index (χ1v) is 5.08. The zero-order valence-electron chi connectivity index (χ0n) is 6.34. The van der Waals surface area contributed by atoms with Crippen LogP contribution in [-0.4, -0.2) is 12.6 Å². The Balaban J connectivity index is 2.53. The van der Waals surface area contributed by atoms with E-state index in [0.29, 0.717) is 11.5 Å². The molecular weight excluding hydrogens is 304 g/mol. The number of halogens is 2. The van der Waals surface area contributed by atoms with Crippen LogP contribution in [0.15, 0.2) is 21.1 Å². The second kappa shape index (κ2) is 3.31. The number of carbonyl (C=O) groups is 1. The minimum absolute atomic E-state index is 0.0345. The van der Waals surface area contributed by atoms with Crippen LogP contribution in [0.5, 0.6) is 11.5 Å². The third-order valence-corrected chi connectivity index (χ3v) is 2.58. The Morgan fingerprint density at radius 3 is 2.85 bits per heavy atom. The Bertz CT molecular complexity index is 376. The molecule has 1 heterocycles. The fourth-order valence-electron chi connectivity index (χ4n) is 1.04. The van der Waals surface area contributed by atoms with E-state index in [4.69, 9.17) is 9.47 Å². The maximum Gasteiger partial charge on any atom is 0.349 e. The predicted octanol–water partition coefficient (Wildman–Crippen LogP) is 2.51. The summed E-state index contributed by atoms with van der Waals surface area (Å²) in [5.74, 6) is 0.637. The zero-order chi connectivity index (χ0) is 9.42. The fraction of sp³-hybridized carbons (Fsp3) is 0.125. The average Bonchev–Trinajstić information content (AvgIpc) is 2.02. The Morgan fingerprint density at radius 2 is 2.08 bits per heavy atom. The molecule has 1 aromatic carbocycles. The van der Waals surface area contributed by atoms with E-state index in [-0.39, 0.29) is 12.6 Å². The highest BCUT2D eigenvalue weighted by Crippen LogP contribution is 2.39. The highest BCUT2D eigenvalue weighted by Gasteiger charge is 2.21. The summed E-state index contributed by atoms with van der Waals surface area (Å²) in [7, 11) is 0. The highest BCUT2D eigenvalue weighted by molar-refractivity contribution is 9.11. The van der Waals surface area contributed by atoms with Gasteiger partial charge in [0.1, 0.15) is 0 Å². The third kappa shape index (κ3) is 1.71. The molecule has 0 saturated heterocycles. The van der Waals surface area contributed by atoms with E-state index in [1.807, 2.05) is 6.07 Å². The smallest absolute Gasteiger partial charge is 0.349 e. The van der Waals surface area contributed by atoms with E-state index in [9.17, 15) is 4.79 Å². The first-order valence-electron chi connectivity index (χ1n) is 3.49. The van der Waals surface area contributed by atoms with Crippen molar-refractivity contribution >= 4 is 37.8 Å². The third-order valence-electron chi connectivity index (χ3n) is 1.53. The Kier molecular flexibility index (Phi) is 2.29. The lowest BCUT2D eigenvalue weighted by atomic mass is 10.3. The van der Waals surface area contributed by atoms with E-state index >= 15 is 0 Å². The molecule has 0 atom stereocenters. The molecule has 0 radical (unpaired) electrons. The molecule has 0 amide bonds. The monoisotopic (exact) mass is 306 g/mol. The van der Waals surface area contributed by atoms with Gasteiger partial charge in [0.2, 0.25) is 0 Å². The van der Waals surface area contributed by atoms with E-state index in [0.717, 1.165) is 8.95 Å². The largest absolute Gasteiger partial charge is 0.477 e. The molecule has 1 aromatic rings. The molecule has 0 N–H and O–H groups in total. The molecule has 0 aliphatic carbocycles. The van der Waals surface area contributed by atoms with Gasteiger partial charge in [-0.1, -0.05) is 15.9 Å². The summed E-state index contributed by atoms with van der Waals surface area (Å²) in [4.78, 5) is 10.9. The Hall–Kier alpha value is -0.550. The van der Waals surface area contributed by atoms with Crippen LogP contribution in [-0.2, 0) is 4.79 Å². The molecule has 0 unspecified atom stereocenters. The van der Waals surface area contributed by atoms with Crippen molar-refractivity contribution in [3.63, 3.8) is 0 Å². The van der Waals surface area contributed by atoms with E-state index < -0.39 is 0 Å². The van der Waals surface area contributed by atoms with Gasteiger partial charge in [-0.15, -0.1) is 0 Å². The number of hydrogen-bond acceptors (Lipinski definition) is 3. The van der Waals surface area contributed by atoms with Crippen molar-refractivity contribution in [2.75, 3.05) is 6.61 Å². The maximum absolute atomic E-state index is 10.9. The number of hydrogen-bond donors (Lipinski definition) is 0. The Labute approximate surface area is 91.3 Å². The summed E-state index contributed by atoms with van der Waals surface area (Å²) < 4.78 is 11.7. The summed E-state index contributed by atoms with van der Waals surface area (Å²) in [6.07, 6.45) is 0. The lowest BCUT2D eigenvalue weighted by molar-refractivity contribution is -0.138. The lowest BCUT2D eigenvalue weighted by Gasteiger charge is -2.17. The maximum atomic E-state index is 10.9. The van der Waals surface area contributed by atoms with Gasteiger partial charge in [-0.2, -0.15) is 0 Å². The summed E-state index contributed by atoms with van der Waals surface area (Å²) in [5, 5.41) is 0. The molecule has 0 fully saturated rings. The SMILES string of the molecule is O=C1COc2c(Br)cc(Br)cc2O1. The van der Waals surface area contributed by atoms with Crippen molar-refractivity contribution in [2.45, 2.75) is 0 Å². The molecule has 2 rings (SSSR count). The van der Waals surface area contributed by atoms with Gasteiger partial charge in [-0.25, -0.2) is 4.79 Å². The number of ether oxygens (including phenoxy) is 2. The minimum Gasteiger partial charge on any atom is -0.477 e. The summed E-state index contributed by atoms with van der Waals surface area (Å²) in [6.45, 7) is -0.0345. The predicted molar refractivity (Wildman–Crippen MR) is 53.0 cm³/mol. The van der Waals surface area contributed by atoms with E-state index in [1.54, 1.807) is 6.07 Å². The molecule has 0 spiro atoms. The highest BCUT2D eigenvalue weighted by atomic mass is 79.9. The van der Waals surface area contributed by atoms with Crippen LogP contribution in [0.4, 0.5) is 0 Å². The van der Waals surface area contributed by atoms with Crippen molar-refractivity contribution in [1.82, 2.24) is 0 Å². The zero-order valence-corrected chi connectivity index (χ0v) is 9.51. The van der Waals surface area contributed by atoms with Crippen LogP contribution >= 0.6 is 31.9 Å². The minimum atomic E-state index is -0.377. The average molecular weight is 308 g/mol. The van der Waals surface area contributed by atoms with Crippen LogP contribution in [0.25, 0.3) is 0 Å². The molecule has 1 aliphatic rings. The summed E-state index contributed by atoms with van der Waals surface area (Å²) in [5.41, 5.74) is 0. The van der Waals surface area contributed by atoms with Gasteiger partial charge in [0.25, 0.3) is 0 Å². The topological polar surface area (TPSA) is 35.5 Å². The normalized spacial score (nSPS) is 14.5. The van der Waals surface area contributed by atoms with E-state index in [1.165, 1.54) is 0 Å². The van der Waals surface area contributed by atoms with Gasteiger partial charge in [0.05, 0.1) is 4.47 Å². The molecule has 1 aliphatic heterocycles. The molecule has 5 heteroatoms. The molecule has 0 aromatic heterocycles. The summed E-state index contributed by atoms with van der Waals surface area (Å²) >= 11 is 6.59. The first kappa shape index (κ1) is 9.02. The summed E-state index contributed by atoms with van der Waals surface area (Å²) in [6, 6.07) is 3.52.